The minimum absolute atomic E-state index is 0.0144. The number of alkyl halides is 12. The number of amides is 4. The third kappa shape index (κ3) is 6.16. The van der Waals surface area contributed by atoms with Crippen LogP contribution in [0.5, 0.6) is 5.75 Å². The molecule has 7 rings (SSSR count). The van der Waals surface area contributed by atoms with Crippen molar-refractivity contribution in [2.45, 2.75) is 43.5 Å². The monoisotopic (exact) mass is 808 g/mol. The normalized spacial score (nSPS) is 25.7. The van der Waals surface area contributed by atoms with Crippen molar-refractivity contribution in [2.75, 3.05) is 9.80 Å². The van der Waals surface area contributed by atoms with Gasteiger partial charge in [-0.1, -0.05) is 23.8 Å². The molecule has 2 aliphatic carbocycles. The van der Waals surface area contributed by atoms with Gasteiger partial charge in [0.05, 0.1) is 57.3 Å². The number of halogens is 13. The van der Waals surface area contributed by atoms with E-state index in [4.69, 9.17) is 0 Å². The van der Waals surface area contributed by atoms with Gasteiger partial charge in [-0.15, -0.1) is 0 Å². The number of nitrogens with zero attached hydrogens (tertiary/aromatic N) is 2. The van der Waals surface area contributed by atoms with Crippen LogP contribution < -0.4 is 9.80 Å². The van der Waals surface area contributed by atoms with Crippen LogP contribution >= 0.6 is 0 Å². The van der Waals surface area contributed by atoms with Gasteiger partial charge in [0, 0.05) is 11.5 Å². The van der Waals surface area contributed by atoms with Crippen molar-refractivity contribution in [3.05, 3.63) is 99.9 Å². The van der Waals surface area contributed by atoms with Crippen LogP contribution in [-0.4, -0.2) is 28.7 Å². The number of para-hydroxylation sites is 1. The zero-order valence-electron chi connectivity index (χ0n) is 27.5. The molecular formula is C36H21F13N2O5. The number of fused-ring (bicyclic) bond motifs is 4. The number of anilines is 2. The Morgan fingerprint density at radius 2 is 0.982 bits per heavy atom. The number of hydrogen-bond donors (Lipinski definition) is 1. The predicted molar refractivity (Wildman–Crippen MR) is 163 cm³/mol. The first-order valence-corrected chi connectivity index (χ1v) is 16.3. The van der Waals surface area contributed by atoms with Crippen molar-refractivity contribution in [1.29, 1.82) is 0 Å². The minimum atomic E-state index is -5.40. The van der Waals surface area contributed by atoms with Crippen LogP contribution in [0, 0.1) is 35.4 Å². The molecule has 4 aliphatic rings. The fourth-order valence-electron chi connectivity index (χ4n) is 8.36. The van der Waals surface area contributed by atoms with E-state index in [2.05, 4.69) is 0 Å². The van der Waals surface area contributed by atoms with Crippen molar-refractivity contribution in [1.82, 2.24) is 0 Å². The van der Waals surface area contributed by atoms with Crippen molar-refractivity contribution >= 4 is 35.0 Å². The summed E-state index contributed by atoms with van der Waals surface area (Å²) in [6.07, 6.45) is -21.3. The number of phenols is 1. The van der Waals surface area contributed by atoms with Crippen molar-refractivity contribution < 1.29 is 81.4 Å². The van der Waals surface area contributed by atoms with Crippen LogP contribution in [0.15, 0.2) is 66.2 Å². The smallest absolute Gasteiger partial charge is 0.416 e. The number of aromatic hydroxyl groups is 1. The molecule has 2 aliphatic heterocycles. The Kier molecular flexibility index (Phi) is 8.69. The lowest BCUT2D eigenvalue weighted by molar-refractivity contribution is -0.144. The number of allylic oxidation sites excluding steroid dienone is 2. The van der Waals surface area contributed by atoms with Crippen molar-refractivity contribution in [3.8, 4) is 5.75 Å². The molecule has 0 aromatic heterocycles. The molecular weight excluding hydrogens is 787 g/mol. The summed E-state index contributed by atoms with van der Waals surface area (Å²) in [6.45, 7) is 0. The average Bonchev–Trinajstić information content (AvgIpc) is 3.50. The largest absolute Gasteiger partial charge is 0.505 e. The molecule has 3 aromatic rings. The molecule has 3 aromatic carbocycles. The lowest BCUT2D eigenvalue weighted by Gasteiger charge is -2.44. The van der Waals surface area contributed by atoms with E-state index in [1.54, 1.807) is 0 Å². The molecule has 1 N–H and O–H groups in total. The second kappa shape index (κ2) is 12.5. The highest BCUT2D eigenvalue weighted by atomic mass is 19.4. The lowest BCUT2D eigenvalue weighted by Crippen LogP contribution is -2.43. The molecule has 56 heavy (non-hydrogen) atoms. The second-order valence-electron chi connectivity index (χ2n) is 13.8. The standard InChI is InChI=1S/C36H21F13N2O5/c37-24-3-1-2-20(28(24)52)25-19-4-5-21-26(31(55)50(29(21)53)17-8-13(33(38,39)40)6-14(9-17)34(41,42)43)22(19)12-23-27(25)32(56)51(30(23)54)18-10-15(35(44,45)46)7-16(11-18)36(47,48)49/h1-4,6-11,21-23,25-27,52H,5,12H2. The zero-order chi connectivity index (χ0) is 41.2. The second-order valence-corrected chi connectivity index (χ2v) is 13.8. The quantitative estimate of drug-likeness (QED) is 0.163. The molecule has 3 fully saturated rings. The zero-order valence-corrected chi connectivity index (χ0v) is 27.5. The molecule has 0 radical (unpaired) electrons. The Hall–Kier alpha value is -5.43. The highest BCUT2D eigenvalue weighted by molar-refractivity contribution is 6.24. The van der Waals surface area contributed by atoms with Crippen LogP contribution in [0.1, 0.15) is 46.6 Å². The maximum absolute atomic E-state index is 14.8. The van der Waals surface area contributed by atoms with E-state index in [1.165, 1.54) is 6.08 Å². The van der Waals surface area contributed by atoms with Crippen LogP contribution in [-0.2, 0) is 43.9 Å². The molecule has 6 atom stereocenters. The first-order chi connectivity index (χ1) is 25.8. The molecule has 4 amide bonds. The number of benzene rings is 3. The maximum atomic E-state index is 14.8. The van der Waals surface area contributed by atoms with E-state index >= 15 is 0 Å². The topological polar surface area (TPSA) is 95.0 Å². The summed E-state index contributed by atoms with van der Waals surface area (Å²) in [5.41, 5.74) is -10.1. The summed E-state index contributed by atoms with van der Waals surface area (Å²) in [7, 11) is 0. The average molecular weight is 809 g/mol. The summed E-state index contributed by atoms with van der Waals surface area (Å²) in [5.74, 6) is -17.2. The number of carbonyl (C=O) groups excluding carboxylic acids is 4. The van der Waals surface area contributed by atoms with E-state index < -0.39 is 147 Å². The fraction of sp³-hybridized carbons (Fsp3) is 0.333. The molecule has 20 heteroatoms. The Morgan fingerprint density at radius 3 is 1.43 bits per heavy atom. The van der Waals surface area contributed by atoms with E-state index in [1.807, 2.05) is 0 Å². The van der Waals surface area contributed by atoms with Crippen LogP contribution in [0.2, 0.25) is 0 Å². The fourth-order valence-corrected chi connectivity index (χ4v) is 8.36. The van der Waals surface area contributed by atoms with Gasteiger partial charge in [0.25, 0.3) is 0 Å². The van der Waals surface area contributed by atoms with E-state index in [-0.39, 0.29) is 51.8 Å². The van der Waals surface area contributed by atoms with Crippen molar-refractivity contribution in [3.63, 3.8) is 0 Å². The van der Waals surface area contributed by atoms with Crippen LogP contribution in [0.3, 0.4) is 0 Å². The Bertz CT molecular complexity index is 2180. The Morgan fingerprint density at radius 1 is 0.554 bits per heavy atom. The molecule has 2 heterocycles. The predicted octanol–water partition coefficient (Wildman–Crippen LogP) is 8.65. The highest BCUT2D eigenvalue weighted by Crippen LogP contribution is 2.60. The van der Waals surface area contributed by atoms with Gasteiger partial charge in [-0.2, -0.15) is 52.7 Å². The first kappa shape index (κ1) is 38.8. The summed E-state index contributed by atoms with van der Waals surface area (Å²) < 4.78 is 180. The number of carbonyl (C=O) groups is 4. The van der Waals surface area contributed by atoms with E-state index in [0.717, 1.165) is 18.2 Å². The van der Waals surface area contributed by atoms with E-state index in [9.17, 15) is 81.4 Å². The van der Waals surface area contributed by atoms with Gasteiger partial charge in [-0.05, 0) is 61.2 Å². The number of rotatable bonds is 3. The number of phenolic OH excluding ortho intramolecular Hbond substituents is 1. The van der Waals surface area contributed by atoms with Gasteiger partial charge in [-0.25, -0.2) is 14.2 Å². The molecule has 0 bridgehead atoms. The molecule has 0 spiro atoms. The Labute approximate surface area is 305 Å². The number of imide groups is 2. The summed E-state index contributed by atoms with van der Waals surface area (Å²) in [4.78, 5) is 56.3. The van der Waals surface area contributed by atoms with Gasteiger partial charge in [0.1, 0.15) is 0 Å². The van der Waals surface area contributed by atoms with Gasteiger partial charge in [-0.3, -0.25) is 19.2 Å². The van der Waals surface area contributed by atoms with Gasteiger partial charge >= 0.3 is 24.7 Å². The van der Waals surface area contributed by atoms with Crippen molar-refractivity contribution in [2.24, 2.45) is 29.6 Å². The summed E-state index contributed by atoms with van der Waals surface area (Å²) in [6, 6.07) is 3.04. The van der Waals surface area contributed by atoms with Gasteiger partial charge in [0.15, 0.2) is 11.6 Å². The molecule has 6 unspecified atom stereocenters. The minimum Gasteiger partial charge on any atom is -0.505 e. The van der Waals surface area contributed by atoms with Crippen LogP contribution in [0.25, 0.3) is 0 Å². The highest BCUT2D eigenvalue weighted by Gasteiger charge is 2.63. The molecule has 7 nitrogen and oxygen atoms in total. The maximum Gasteiger partial charge on any atom is 0.416 e. The molecule has 2 saturated heterocycles. The lowest BCUT2D eigenvalue weighted by atomic mass is 9.57. The van der Waals surface area contributed by atoms with Gasteiger partial charge in [0.2, 0.25) is 23.6 Å². The molecule has 1 saturated carbocycles. The summed E-state index contributed by atoms with van der Waals surface area (Å²) >= 11 is 0. The van der Waals surface area contributed by atoms with Crippen LogP contribution in [0.4, 0.5) is 68.5 Å². The third-order valence-corrected chi connectivity index (χ3v) is 10.7. The SMILES string of the molecule is O=C1C2CC=C3C(CC4C(=O)N(c5cc(C(F)(F)F)cc(C(F)(F)F)c5)C(=O)C4C3c3cccc(F)c3O)C2C(=O)N1c1cc(C(F)(F)F)cc(C(F)(F)F)c1. The van der Waals surface area contributed by atoms with Gasteiger partial charge < -0.3 is 5.11 Å². The summed E-state index contributed by atoms with van der Waals surface area (Å²) in [5, 5.41) is 10.8. The number of hydrogen-bond acceptors (Lipinski definition) is 5. The molecule has 296 valence electrons. The first-order valence-electron chi connectivity index (χ1n) is 16.3. The Balaban J connectivity index is 1.36. The van der Waals surface area contributed by atoms with E-state index in [0.29, 0.717) is 0 Å². The third-order valence-electron chi connectivity index (χ3n) is 10.7.